The summed E-state index contributed by atoms with van der Waals surface area (Å²) >= 11 is 0. The Morgan fingerprint density at radius 1 is 1.00 bits per heavy atom. The first-order valence-electron chi connectivity index (χ1n) is 6.16. The summed E-state index contributed by atoms with van der Waals surface area (Å²) in [6, 6.07) is 0. The Bertz CT molecular complexity index is 264. The molecule has 15 heavy (non-hydrogen) atoms. The van der Waals surface area contributed by atoms with Crippen LogP contribution < -0.4 is 0 Å². The first-order valence-corrected chi connectivity index (χ1v) is 6.16. The second-order valence-corrected chi connectivity index (χ2v) is 5.94. The first-order chi connectivity index (χ1) is 6.97. The fraction of sp³-hybridized carbons (Fsp3) is 0.923. The van der Waals surface area contributed by atoms with Gasteiger partial charge in [-0.15, -0.1) is 0 Å². The van der Waals surface area contributed by atoms with Crippen LogP contribution in [-0.4, -0.2) is 17.0 Å². The molecular formula is C13H22O2. The molecule has 0 amide bonds. The summed E-state index contributed by atoms with van der Waals surface area (Å²) in [6.07, 6.45) is 8.29. The van der Waals surface area contributed by atoms with Crippen molar-refractivity contribution in [3.63, 3.8) is 0 Å². The van der Waals surface area contributed by atoms with Gasteiger partial charge in [0, 0.05) is 10.8 Å². The Balaban J connectivity index is 2.38. The summed E-state index contributed by atoms with van der Waals surface area (Å²) in [4.78, 5) is 11.5. The summed E-state index contributed by atoms with van der Waals surface area (Å²) in [5.41, 5.74) is -1.09. The van der Waals surface area contributed by atoms with Crippen molar-refractivity contribution < 1.29 is 9.90 Å². The van der Waals surface area contributed by atoms with Crippen LogP contribution in [0.2, 0.25) is 0 Å². The van der Waals surface area contributed by atoms with Crippen molar-refractivity contribution in [2.24, 2.45) is 10.8 Å². The molecule has 1 N–H and O–H groups in total. The Morgan fingerprint density at radius 2 is 1.60 bits per heavy atom. The smallest absolute Gasteiger partial charge is 0.126 e. The highest BCUT2D eigenvalue weighted by atomic mass is 16.3. The van der Waals surface area contributed by atoms with Crippen LogP contribution >= 0.6 is 0 Å². The molecule has 0 bridgehead atoms. The summed E-state index contributed by atoms with van der Waals surface area (Å²) < 4.78 is 0. The van der Waals surface area contributed by atoms with Gasteiger partial charge in [-0.3, -0.25) is 0 Å². The molecule has 2 unspecified atom stereocenters. The van der Waals surface area contributed by atoms with E-state index in [2.05, 4.69) is 6.92 Å². The molecule has 0 spiro atoms. The lowest BCUT2D eigenvalue weighted by molar-refractivity contribution is -0.142. The third kappa shape index (κ3) is 1.30. The molecule has 0 aromatic heterocycles. The second-order valence-electron chi connectivity index (χ2n) is 5.94. The van der Waals surface area contributed by atoms with Crippen LogP contribution in [0, 0.1) is 10.8 Å². The van der Waals surface area contributed by atoms with Gasteiger partial charge in [-0.2, -0.15) is 0 Å². The highest BCUT2D eigenvalue weighted by Crippen LogP contribution is 2.61. The van der Waals surface area contributed by atoms with Gasteiger partial charge in [0.25, 0.3) is 0 Å². The van der Waals surface area contributed by atoms with Crippen LogP contribution in [0.15, 0.2) is 0 Å². The van der Waals surface area contributed by atoms with Crippen LogP contribution in [0.5, 0.6) is 0 Å². The van der Waals surface area contributed by atoms with Gasteiger partial charge >= 0.3 is 0 Å². The van der Waals surface area contributed by atoms with E-state index in [9.17, 15) is 9.90 Å². The lowest BCUT2D eigenvalue weighted by Crippen LogP contribution is -2.51. The van der Waals surface area contributed by atoms with Gasteiger partial charge in [0.15, 0.2) is 0 Å². The fourth-order valence-electron chi connectivity index (χ4n) is 3.92. The van der Waals surface area contributed by atoms with Gasteiger partial charge < -0.3 is 9.90 Å². The number of rotatable bonds is 2. The van der Waals surface area contributed by atoms with E-state index in [4.69, 9.17) is 0 Å². The van der Waals surface area contributed by atoms with E-state index in [1.807, 2.05) is 6.92 Å². The molecular weight excluding hydrogens is 188 g/mol. The quantitative estimate of drug-likeness (QED) is 0.711. The van der Waals surface area contributed by atoms with Crippen LogP contribution in [0.1, 0.15) is 58.8 Å². The number of carbonyl (C=O) groups excluding carboxylic acids is 1. The Labute approximate surface area is 92.1 Å². The average molecular weight is 210 g/mol. The standard InChI is InChI=1S/C13H22O2/c1-11(6-5-7-12(11,2)15)13(10-14)8-3-4-9-13/h10,15H,3-9H2,1-2H3. The second kappa shape index (κ2) is 3.31. The largest absolute Gasteiger partial charge is 0.390 e. The van der Waals surface area contributed by atoms with Crippen LogP contribution in [0.25, 0.3) is 0 Å². The van der Waals surface area contributed by atoms with E-state index in [1.54, 1.807) is 0 Å². The molecule has 0 radical (unpaired) electrons. The summed E-state index contributed by atoms with van der Waals surface area (Å²) in [7, 11) is 0. The van der Waals surface area contributed by atoms with Crippen LogP contribution in [-0.2, 0) is 4.79 Å². The minimum Gasteiger partial charge on any atom is -0.390 e. The molecule has 2 nitrogen and oxygen atoms in total. The van der Waals surface area contributed by atoms with Crippen molar-refractivity contribution in [3.05, 3.63) is 0 Å². The van der Waals surface area contributed by atoms with E-state index in [0.717, 1.165) is 51.2 Å². The maximum Gasteiger partial charge on any atom is 0.126 e. The fourth-order valence-corrected chi connectivity index (χ4v) is 3.92. The number of carbonyl (C=O) groups is 1. The number of hydrogen-bond donors (Lipinski definition) is 1. The zero-order valence-corrected chi connectivity index (χ0v) is 9.88. The van der Waals surface area contributed by atoms with Crippen molar-refractivity contribution in [3.8, 4) is 0 Å². The third-order valence-electron chi connectivity index (χ3n) is 5.35. The molecule has 2 saturated carbocycles. The van der Waals surface area contributed by atoms with Gasteiger partial charge in [0.05, 0.1) is 5.60 Å². The lowest BCUT2D eigenvalue weighted by Gasteiger charge is -2.48. The highest BCUT2D eigenvalue weighted by molar-refractivity contribution is 5.62. The van der Waals surface area contributed by atoms with E-state index in [1.165, 1.54) is 0 Å². The minimum atomic E-state index is -0.655. The third-order valence-corrected chi connectivity index (χ3v) is 5.35. The van der Waals surface area contributed by atoms with Crippen molar-refractivity contribution in [1.29, 1.82) is 0 Å². The molecule has 0 aromatic rings. The number of hydrogen-bond acceptors (Lipinski definition) is 2. The molecule has 2 rings (SSSR count). The molecule has 2 fully saturated rings. The SMILES string of the molecule is CC1(O)CCCC1(C)C1(C=O)CCCC1. The summed E-state index contributed by atoms with van der Waals surface area (Å²) in [6.45, 7) is 4.04. The maximum atomic E-state index is 11.5. The van der Waals surface area contributed by atoms with Crippen LogP contribution in [0.4, 0.5) is 0 Å². The van der Waals surface area contributed by atoms with Crippen molar-refractivity contribution in [2.75, 3.05) is 0 Å². The minimum absolute atomic E-state index is 0.196. The normalized spacial score (nSPS) is 44.5. The van der Waals surface area contributed by atoms with Gasteiger partial charge in [0.2, 0.25) is 0 Å². The Kier molecular flexibility index (Phi) is 2.45. The monoisotopic (exact) mass is 210 g/mol. The van der Waals surface area contributed by atoms with E-state index in [-0.39, 0.29) is 10.8 Å². The van der Waals surface area contributed by atoms with Crippen LogP contribution in [0.3, 0.4) is 0 Å². The summed E-state index contributed by atoms with van der Waals surface area (Å²) in [5.74, 6) is 0. The van der Waals surface area contributed by atoms with E-state index >= 15 is 0 Å². The van der Waals surface area contributed by atoms with Gasteiger partial charge in [-0.1, -0.05) is 19.8 Å². The Morgan fingerprint density at radius 3 is 2.00 bits per heavy atom. The average Bonchev–Trinajstić information content (AvgIpc) is 2.74. The molecule has 0 aromatic carbocycles. The first kappa shape index (κ1) is 11.1. The molecule has 2 aliphatic rings. The van der Waals surface area contributed by atoms with E-state index in [0.29, 0.717) is 0 Å². The molecule has 0 heterocycles. The number of aldehydes is 1. The zero-order valence-electron chi connectivity index (χ0n) is 9.88. The highest BCUT2D eigenvalue weighted by Gasteiger charge is 2.60. The predicted octanol–water partition coefficient (Wildman–Crippen LogP) is 2.69. The molecule has 0 saturated heterocycles. The van der Waals surface area contributed by atoms with Crippen molar-refractivity contribution in [1.82, 2.24) is 0 Å². The molecule has 2 heteroatoms. The van der Waals surface area contributed by atoms with E-state index < -0.39 is 5.60 Å². The van der Waals surface area contributed by atoms with Gasteiger partial charge in [0.1, 0.15) is 6.29 Å². The molecule has 2 aliphatic carbocycles. The van der Waals surface area contributed by atoms with Crippen molar-refractivity contribution >= 4 is 6.29 Å². The van der Waals surface area contributed by atoms with Gasteiger partial charge in [-0.25, -0.2) is 0 Å². The zero-order chi connectivity index (χ0) is 11.2. The molecule has 0 aliphatic heterocycles. The predicted molar refractivity (Wildman–Crippen MR) is 59.5 cm³/mol. The van der Waals surface area contributed by atoms with Crippen molar-refractivity contribution in [2.45, 2.75) is 64.4 Å². The summed E-state index contributed by atoms with van der Waals surface area (Å²) in [5, 5.41) is 10.5. The lowest BCUT2D eigenvalue weighted by atomic mass is 9.57. The molecule has 2 atom stereocenters. The number of aliphatic hydroxyl groups is 1. The maximum absolute atomic E-state index is 11.5. The Hall–Kier alpha value is -0.370. The topological polar surface area (TPSA) is 37.3 Å². The van der Waals surface area contributed by atoms with Gasteiger partial charge in [-0.05, 0) is 39.0 Å². The molecule has 86 valence electrons.